The van der Waals surface area contributed by atoms with Gasteiger partial charge in [-0.25, -0.2) is 0 Å². The van der Waals surface area contributed by atoms with E-state index < -0.39 is 0 Å². The van der Waals surface area contributed by atoms with Crippen LogP contribution in [0, 0.1) is 6.92 Å². The number of piperazine rings is 1. The molecule has 1 aromatic rings. The van der Waals surface area contributed by atoms with E-state index >= 15 is 0 Å². The Labute approximate surface area is 96.5 Å². The molecule has 16 heavy (non-hydrogen) atoms. The predicted molar refractivity (Wildman–Crippen MR) is 64.7 cm³/mol. The molecule has 0 spiro atoms. The van der Waals surface area contributed by atoms with Crippen molar-refractivity contribution in [3.63, 3.8) is 0 Å². The van der Waals surface area contributed by atoms with Gasteiger partial charge in [0, 0.05) is 50.8 Å². The van der Waals surface area contributed by atoms with E-state index in [4.69, 9.17) is 5.11 Å². The number of anilines is 1. The van der Waals surface area contributed by atoms with E-state index in [1.807, 2.05) is 12.4 Å². The van der Waals surface area contributed by atoms with Crippen LogP contribution < -0.4 is 4.90 Å². The minimum atomic E-state index is 0.258. The lowest BCUT2D eigenvalue weighted by molar-refractivity contribution is 0.188. The molecule has 0 aromatic carbocycles. The Morgan fingerprint density at radius 2 is 2.06 bits per heavy atom. The van der Waals surface area contributed by atoms with Gasteiger partial charge < -0.3 is 10.0 Å². The topological polar surface area (TPSA) is 39.6 Å². The Kier molecular flexibility index (Phi) is 3.74. The Morgan fingerprint density at radius 3 is 2.69 bits per heavy atom. The smallest absolute Gasteiger partial charge is 0.0558 e. The van der Waals surface area contributed by atoms with E-state index in [2.05, 4.69) is 27.8 Å². The first-order valence-electron chi connectivity index (χ1n) is 5.80. The number of nitrogens with zero attached hydrogens (tertiary/aromatic N) is 3. The molecule has 1 aromatic heterocycles. The van der Waals surface area contributed by atoms with Crippen LogP contribution >= 0.6 is 0 Å². The Morgan fingerprint density at radius 1 is 1.31 bits per heavy atom. The highest BCUT2D eigenvalue weighted by atomic mass is 16.3. The number of rotatable bonds is 3. The minimum absolute atomic E-state index is 0.258. The molecule has 4 heteroatoms. The molecule has 0 aliphatic carbocycles. The first-order valence-corrected chi connectivity index (χ1v) is 5.80. The molecule has 0 atom stereocenters. The van der Waals surface area contributed by atoms with Crippen molar-refractivity contribution in [3.05, 3.63) is 24.0 Å². The normalized spacial score (nSPS) is 17.8. The van der Waals surface area contributed by atoms with E-state index in [1.54, 1.807) is 0 Å². The number of aliphatic hydroxyl groups excluding tert-OH is 1. The number of hydrogen-bond donors (Lipinski definition) is 1. The summed E-state index contributed by atoms with van der Waals surface area (Å²) in [7, 11) is 0. The van der Waals surface area contributed by atoms with Crippen LogP contribution in [0.4, 0.5) is 5.69 Å². The lowest BCUT2D eigenvalue weighted by Crippen LogP contribution is -2.47. The second kappa shape index (κ2) is 5.27. The van der Waals surface area contributed by atoms with Crippen molar-refractivity contribution in [1.29, 1.82) is 0 Å². The first kappa shape index (κ1) is 11.4. The zero-order valence-corrected chi connectivity index (χ0v) is 9.76. The van der Waals surface area contributed by atoms with Gasteiger partial charge in [-0.1, -0.05) is 0 Å². The summed E-state index contributed by atoms with van der Waals surface area (Å²) in [4.78, 5) is 8.81. The Bertz CT molecular complexity index is 335. The number of hydrogen-bond acceptors (Lipinski definition) is 4. The molecule has 0 unspecified atom stereocenters. The lowest BCUT2D eigenvalue weighted by Gasteiger charge is -2.36. The minimum Gasteiger partial charge on any atom is -0.395 e. The van der Waals surface area contributed by atoms with Gasteiger partial charge in [-0.3, -0.25) is 9.88 Å². The lowest BCUT2D eigenvalue weighted by atomic mass is 10.2. The van der Waals surface area contributed by atoms with Gasteiger partial charge in [-0.2, -0.15) is 0 Å². The van der Waals surface area contributed by atoms with Gasteiger partial charge in [-0.05, 0) is 18.6 Å². The molecule has 0 bridgehead atoms. The fourth-order valence-corrected chi connectivity index (χ4v) is 2.17. The molecule has 0 amide bonds. The SMILES string of the molecule is Cc1cnccc1N1CCN(CCO)CC1. The number of aromatic nitrogens is 1. The van der Waals surface area contributed by atoms with E-state index in [1.165, 1.54) is 11.3 Å². The van der Waals surface area contributed by atoms with E-state index in [9.17, 15) is 0 Å². The second-order valence-electron chi connectivity index (χ2n) is 4.21. The quantitative estimate of drug-likeness (QED) is 0.807. The van der Waals surface area contributed by atoms with E-state index in [0.717, 1.165) is 32.7 Å². The summed E-state index contributed by atoms with van der Waals surface area (Å²) in [5.74, 6) is 0. The van der Waals surface area contributed by atoms with Crippen molar-refractivity contribution in [2.75, 3.05) is 44.2 Å². The van der Waals surface area contributed by atoms with Crippen LogP contribution in [0.1, 0.15) is 5.56 Å². The Balaban J connectivity index is 1.96. The summed E-state index contributed by atoms with van der Waals surface area (Å²) in [5, 5.41) is 8.88. The second-order valence-corrected chi connectivity index (χ2v) is 4.21. The van der Waals surface area contributed by atoms with Gasteiger partial charge in [0.05, 0.1) is 6.61 Å². The number of pyridine rings is 1. The zero-order chi connectivity index (χ0) is 11.4. The van der Waals surface area contributed by atoms with Crippen molar-refractivity contribution in [3.8, 4) is 0 Å². The maximum atomic E-state index is 8.88. The van der Waals surface area contributed by atoms with Crippen LogP contribution in [0.3, 0.4) is 0 Å². The highest BCUT2D eigenvalue weighted by Gasteiger charge is 2.17. The molecular formula is C12H19N3O. The van der Waals surface area contributed by atoms with E-state index in [0.29, 0.717) is 0 Å². The van der Waals surface area contributed by atoms with Crippen molar-refractivity contribution >= 4 is 5.69 Å². The molecule has 0 radical (unpaired) electrons. The average molecular weight is 221 g/mol. The molecule has 4 nitrogen and oxygen atoms in total. The molecule has 1 aliphatic heterocycles. The van der Waals surface area contributed by atoms with Crippen LogP contribution in [-0.4, -0.2) is 54.3 Å². The molecular weight excluding hydrogens is 202 g/mol. The zero-order valence-electron chi connectivity index (χ0n) is 9.76. The summed E-state index contributed by atoms with van der Waals surface area (Å²) >= 11 is 0. The van der Waals surface area contributed by atoms with Crippen molar-refractivity contribution < 1.29 is 5.11 Å². The first-order chi connectivity index (χ1) is 7.81. The van der Waals surface area contributed by atoms with Crippen LogP contribution in [0.15, 0.2) is 18.5 Å². The number of aliphatic hydroxyl groups is 1. The highest BCUT2D eigenvalue weighted by Crippen LogP contribution is 2.19. The molecule has 0 saturated carbocycles. The largest absolute Gasteiger partial charge is 0.395 e. The summed E-state index contributed by atoms with van der Waals surface area (Å²) in [6.07, 6.45) is 3.76. The summed E-state index contributed by atoms with van der Waals surface area (Å²) in [6.45, 7) is 7.28. The standard InChI is InChI=1S/C12H19N3O/c1-11-10-13-3-2-12(11)15-6-4-14(5-7-15)8-9-16/h2-3,10,16H,4-9H2,1H3. The summed E-state index contributed by atoms with van der Waals surface area (Å²) in [5.41, 5.74) is 2.52. The molecule has 88 valence electrons. The van der Waals surface area contributed by atoms with Gasteiger partial charge in [-0.15, -0.1) is 0 Å². The third kappa shape index (κ3) is 2.51. The van der Waals surface area contributed by atoms with Gasteiger partial charge in [0.1, 0.15) is 0 Å². The number of aryl methyl sites for hydroxylation is 1. The van der Waals surface area contributed by atoms with Crippen molar-refractivity contribution in [2.24, 2.45) is 0 Å². The maximum absolute atomic E-state index is 8.88. The van der Waals surface area contributed by atoms with Gasteiger partial charge in [0.25, 0.3) is 0 Å². The summed E-state index contributed by atoms with van der Waals surface area (Å²) < 4.78 is 0. The monoisotopic (exact) mass is 221 g/mol. The fraction of sp³-hybridized carbons (Fsp3) is 0.583. The third-order valence-corrected chi connectivity index (χ3v) is 3.12. The van der Waals surface area contributed by atoms with Crippen molar-refractivity contribution in [2.45, 2.75) is 6.92 Å². The van der Waals surface area contributed by atoms with Gasteiger partial charge in [0.2, 0.25) is 0 Å². The van der Waals surface area contributed by atoms with Crippen LogP contribution in [-0.2, 0) is 0 Å². The van der Waals surface area contributed by atoms with Gasteiger partial charge in [0.15, 0.2) is 0 Å². The molecule has 1 N–H and O–H groups in total. The molecule has 1 saturated heterocycles. The summed E-state index contributed by atoms with van der Waals surface area (Å²) in [6, 6.07) is 2.08. The Hall–Kier alpha value is -1.13. The van der Waals surface area contributed by atoms with Crippen molar-refractivity contribution in [1.82, 2.24) is 9.88 Å². The molecule has 1 fully saturated rings. The highest BCUT2D eigenvalue weighted by molar-refractivity contribution is 5.51. The fourth-order valence-electron chi connectivity index (χ4n) is 2.17. The molecule has 1 aliphatic rings. The average Bonchev–Trinajstić information content (AvgIpc) is 2.31. The van der Waals surface area contributed by atoms with Gasteiger partial charge >= 0.3 is 0 Å². The van der Waals surface area contributed by atoms with E-state index in [-0.39, 0.29) is 6.61 Å². The molecule has 2 rings (SSSR count). The third-order valence-electron chi connectivity index (χ3n) is 3.12. The molecule has 2 heterocycles. The maximum Gasteiger partial charge on any atom is 0.0558 e. The van der Waals surface area contributed by atoms with Crippen LogP contribution in [0.2, 0.25) is 0 Å². The predicted octanol–water partition coefficient (Wildman–Crippen LogP) is 0.504. The number of β-amino-alcohol motifs (C(OH)–C–C–N with tert-alkyl or cyclic N) is 1. The van der Waals surface area contributed by atoms with Crippen LogP contribution in [0.5, 0.6) is 0 Å². The van der Waals surface area contributed by atoms with Crippen LogP contribution in [0.25, 0.3) is 0 Å².